The summed E-state index contributed by atoms with van der Waals surface area (Å²) in [6.45, 7) is 1.99. The molecule has 0 unspecified atom stereocenters. The zero-order valence-electron chi connectivity index (χ0n) is 12.8. The molecule has 0 bridgehead atoms. The lowest BCUT2D eigenvalue weighted by Crippen LogP contribution is -2.25. The predicted molar refractivity (Wildman–Crippen MR) is 75.8 cm³/mol. The van der Waals surface area contributed by atoms with E-state index in [9.17, 15) is 4.79 Å². The molecular weight excluding hydrogens is 308 g/mol. The monoisotopic (exact) mass is 322 g/mol. The van der Waals surface area contributed by atoms with Crippen LogP contribution in [0.5, 0.6) is 5.19 Å². The average molecular weight is 322 g/mol. The maximum absolute atomic E-state index is 12.0. The molecule has 0 fully saturated rings. The quantitative estimate of drug-likeness (QED) is 0.632. The minimum atomic E-state index is -0.448. The van der Waals surface area contributed by atoms with Crippen LogP contribution in [0.2, 0.25) is 0 Å². The molecule has 0 aliphatic rings. The molecule has 114 valence electrons. The third-order valence-electron chi connectivity index (χ3n) is 2.89. The molecule has 22 heavy (non-hydrogen) atoms. The number of nitrogens with zero attached hydrogens (tertiary/aromatic N) is 8. The highest BCUT2D eigenvalue weighted by molar-refractivity contribution is 7.11. The summed E-state index contributed by atoms with van der Waals surface area (Å²) < 4.78 is 15.1. The van der Waals surface area contributed by atoms with Crippen molar-refractivity contribution in [2.45, 2.75) is 20.0 Å². The fourth-order valence-corrected chi connectivity index (χ4v) is 2.24. The van der Waals surface area contributed by atoms with Gasteiger partial charge in [-0.1, -0.05) is 18.3 Å². The van der Waals surface area contributed by atoms with E-state index in [0.717, 1.165) is 9.36 Å². The van der Waals surface area contributed by atoms with Crippen molar-refractivity contribution in [3.63, 3.8) is 0 Å². The highest BCUT2D eigenvalue weighted by Crippen LogP contribution is 2.19. The molecule has 0 N–H and O–H groups in total. The second-order valence-electron chi connectivity index (χ2n) is 4.22. The second kappa shape index (κ2) is 5.97. The van der Waals surface area contributed by atoms with Gasteiger partial charge in [-0.3, -0.25) is 0 Å². The van der Waals surface area contributed by atoms with Gasteiger partial charge in [-0.15, -0.1) is 14.9 Å². The predicted octanol–water partition coefficient (Wildman–Crippen LogP) is -0.251. The van der Waals surface area contributed by atoms with Gasteiger partial charge in [-0.25, -0.2) is 9.78 Å². The van der Waals surface area contributed by atoms with Crippen LogP contribution in [0.25, 0.3) is 5.82 Å². The van der Waals surface area contributed by atoms with Crippen LogP contribution < -0.4 is 10.4 Å². The molecule has 3 aromatic heterocycles. The van der Waals surface area contributed by atoms with Crippen LogP contribution in [-0.4, -0.2) is 40.2 Å². The number of tetrazole rings is 1. The van der Waals surface area contributed by atoms with E-state index in [1.807, 2.05) is 6.92 Å². The first-order chi connectivity index (χ1) is 11.1. The Labute approximate surface area is 129 Å². The van der Waals surface area contributed by atoms with Crippen molar-refractivity contribution >= 4 is 11.3 Å². The van der Waals surface area contributed by atoms with Crippen molar-refractivity contribution in [2.24, 2.45) is 7.05 Å². The Morgan fingerprint density at radius 3 is 2.91 bits per heavy atom. The Kier molecular flexibility index (Phi) is 3.53. The highest BCUT2D eigenvalue weighted by atomic mass is 32.1. The number of aromatic nitrogens is 8. The number of rotatable bonds is 5. The molecule has 0 spiro atoms. The van der Waals surface area contributed by atoms with Crippen molar-refractivity contribution in [1.29, 1.82) is 0 Å². The topological polar surface area (TPSA) is 113 Å². The number of aryl methyl sites for hydroxylation is 2. The van der Waals surface area contributed by atoms with Gasteiger partial charge in [-0.05, 0) is 22.1 Å². The van der Waals surface area contributed by atoms with E-state index in [1.165, 1.54) is 18.4 Å². The van der Waals surface area contributed by atoms with Gasteiger partial charge in [0, 0.05) is 18.6 Å². The van der Waals surface area contributed by atoms with Crippen LogP contribution in [-0.2, 0) is 20.1 Å². The highest BCUT2D eigenvalue weighted by Gasteiger charge is 2.18. The molecule has 0 aliphatic carbocycles. The zero-order valence-corrected chi connectivity index (χ0v) is 12.6. The van der Waals surface area contributed by atoms with Crippen LogP contribution in [0.3, 0.4) is 0 Å². The van der Waals surface area contributed by atoms with Crippen LogP contribution in [0.1, 0.15) is 19.6 Å². The fourth-order valence-electron chi connectivity index (χ4n) is 1.80. The molecule has 0 saturated carbocycles. The van der Waals surface area contributed by atoms with Crippen molar-refractivity contribution in [1.82, 2.24) is 40.2 Å². The Hall–Kier alpha value is -2.69. The largest absolute Gasteiger partial charge is 0.465 e. The smallest absolute Gasteiger partial charge is 0.369 e. The van der Waals surface area contributed by atoms with Crippen LogP contribution in [0.15, 0.2) is 16.3 Å². The summed E-state index contributed by atoms with van der Waals surface area (Å²) in [5, 5.41) is 20.9. The maximum Gasteiger partial charge on any atom is 0.369 e. The second-order valence-corrected chi connectivity index (χ2v) is 5.04. The summed E-state index contributed by atoms with van der Waals surface area (Å²) in [5.74, 6) is 0.220. The third-order valence-corrected chi connectivity index (χ3v) is 3.52. The molecule has 0 saturated heterocycles. The summed E-state index contributed by atoms with van der Waals surface area (Å²) in [5.41, 5.74) is 0.763. The summed E-state index contributed by atoms with van der Waals surface area (Å²) in [6, 6.07) is 0. The van der Waals surface area contributed by atoms with Gasteiger partial charge in [-0.2, -0.15) is 4.68 Å². The summed E-state index contributed by atoms with van der Waals surface area (Å²) in [6.07, 6.45) is 0.717. The summed E-state index contributed by atoms with van der Waals surface area (Å²) >= 11 is 1.21. The van der Waals surface area contributed by atoms with Crippen molar-refractivity contribution < 1.29 is 6.11 Å². The van der Waals surface area contributed by atoms with E-state index in [1.54, 1.807) is 5.38 Å². The van der Waals surface area contributed by atoms with Crippen molar-refractivity contribution in [2.75, 3.05) is 0 Å². The fraction of sp³-hybridized carbons (Fsp3) is 0.364. The molecule has 3 heterocycles. The number of hydrogen-bond donors (Lipinski definition) is 0. The Bertz CT molecular complexity index is 888. The van der Waals surface area contributed by atoms with Gasteiger partial charge >= 0.3 is 5.69 Å². The molecule has 0 aliphatic heterocycles. The van der Waals surface area contributed by atoms with E-state index >= 15 is 0 Å². The van der Waals surface area contributed by atoms with E-state index in [2.05, 4.69) is 30.8 Å². The molecule has 10 nitrogen and oxygen atoms in total. The molecule has 3 rings (SSSR count). The van der Waals surface area contributed by atoms with Gasteiger partial charge in [0.2, 0.25) is 0 Å². The van der Waals surface area contributed by atoms with Gasteiger partial charge in [0.25, 0.3) is 5.19 Å². The Morgan fingerprint density at radius 1 is 1.41 bits per heavy atom. The lowest BCUT2D eigenvalue weighted by molar-refractivity contribution is 0.300. The summed E-state index contributed by atoms with van der Waals surface area (Å²) in [7, 11) is 1.49. The molecule has 0 amide bonds. The summed E-state index contributed by atoms with van der Waals surface area (Å²) in [4.78, 5) is 15.9. The molecule has 11 heteroatoms. The van der Waals surface area contributed by atoms with E-state index in [0.29, 0.717) is 22.9 Å². The first kappa shape index (κ1) is 13.0. The number of thiazole rings is 1. The van der Waals surface area contributed by atoms with Crippen LogP contribution in [0, 0.1) is 0 Å². The zero-order chi connectivity index (χ0) is 16.4. The lowest BCUT2D eigenvalue weighted by Gasteiger charge is -2.09. The van der Waals surface area contributed by atoms with E-state index in [-0.39, 0.29) is 18.6 Å². The molecule has 0 aromatic carbocycles. The van der Waals surface area contributed by atoms with Gasteiger partial charge < -0.3 is 4.74 Å². The van der Waals surface area contributed by atoms with Gasteiger partial charge in [0.1, 0.15) is 6.61 Å². The lowest BCUT2D eigenvalue weighted by atomic mass is 10.2. The van der Waals surface area contributed by atoms with E-state index < -0.39 is 5.69 Å². The Balaban J connectivity index is 2.00. The van der Waals surface area contributed by atoms with Crippen molar-refractivity contribution in [3.05, 3.63) is 33.3 Å². The van der Waals surface area contributed by atoms with Crippen LogP contribution >= 0.6 is 11.3 Å². The van der Waals surface area contributed by atoms with Crippen molar-refractivity contribution in [3.8, 4) is 11.0 Å². The average Bonchev–Trinajstić information content (AvgIpc) is 3.11. The SMILES string of the molecule is [3H]c1csc(OCc2c(CC)nnnc2-n2nnn(C)c2=O)n1. The number of hydrogen-bond acceptors (Lipinski definition) is 9. The standard InChI is InChI=1S/C11H12N8O2S/c1-3-8-7(6-21-10-12-4-5-22-10)9(14-15-13-8)19-11(20)18(2)16-17-19/h4-5H,3,6H2,1-2H3/i4T. The minimum Gasteiger partial charge on any atom is -0.465 e. The first-order valence-corrected chi connectivity index (χ1v) is 7.23. The molecule has 0 radical (unpaired) electrons. The maximum atomic E-state index is 12.0. The normalized spacial score (nSPS) is 11.5. The van der Waals surface area contributed by atoms with E-state index in [4.69, 9.17) is 6.11 Å². The molecular formula is C11H12N8O2S. The van der Waals surface area contributed by atoms with Crippen LogP contribution in [0.4, 0.5) is 0 Å². The Morgan fingerprint density at radius 2 is 2.27 bits per heavy atom. The minimum absolute atomic E-state index is 0.0804. The van der Waals surface area contributed by atoms with Gasteiger partial charge in [0.05, 0.1) is 12.6 Å². The molecule has 3 aromatic rings. The van der Waals surface area contributed by atoms with Gasteiger partial charge in [0.15, 0.2) is 5.82 Å². The molecule has 0 atom stereocenters. The third kappa shape index (κ3) is 2.57. The number of ether oxygens (including phenoxy) is 1. The first-order valence-electron chi connectivity index (χ1n) is 6.85.